The summed E-state index contributed by atoms with van der Waals surface area (Å²) in [6.07, 6.45) is -0.711. The van der Waals surface area contributed by atoms with E-state index in [1.165, 1.54) is 0 Å². The Bertz CT molecular complexity index is 746. The Balaban J connectivity index is 1.70. The summed E-state index contributed by atoms with van der Waals surface area (Å²) in [6, 6.07) is 12.6. The Morgan fingerprint density at radius 1 is 1.08 bits per heavy atom. The summed E-state index contributed by atoms with van der Waals surface area (Å²) in [5, 5.41) is 2.83. The molecular weight excluding hydrogens is 322 g/mol. The van der Waals surface area contributed by atoms with Crippen molar-refractivity contribution >= 4 is 11.6 Å². The first-order chi connectivity index (χ1) is 12.2. The third kappa shape index (κ3) is 3.96. The number of fused-ring (bicyclic) bond motifs is 1. The number of hydrogen-bond acceptors (Lipinski definition) is 5. The van der Waals surface area contributed by atoms with Crippen LogP contribution in [0.2, 0.25) is 0 Å². The molecule has 6 nitrogen and oxygen atoms in total. The van der Waals surface area contributed by atoms with Crippen molar-refractivity contribution in [2.45, 2.75) is 20.0 Å². The molecule has 25 heavy (non-hydrogen) atoms. The Morgan fingerprint density at radius 3 is 2.56 bits per heavy atom. The van der Waals surface area contributed by atoms with Crippen molar-refractivity contribution in [3.8, 4) is 23.0 Å². The molecule has 0 fully saturated rings. The topological polar surface area (TPSA) is 66.0 Å². The molecule has 1 heterocycles. The fraction of sp³-hybridized carbons (Fsp3) is 0.316. The van der Waals surface area contributed by atoms with Gasteiger partial charge in [0.25, 0.3) is 5.91 Å². The first kappa shape index (κ1) is 17.0. The Morgan fingerprint density at radius 2 is 1.80 bits per heavy atom. The molecule has 0 unspecified atom stereocenters. The van der Waals surface area contributed by atoms with E-state index in [9.17, 15) is 4.79 Å². The molecule has 0 aliphatic carbocycles. The molecule has 2 aromatic rings. The van der Waals surface area contributed by atoms with Crippen LogP contribution in [0.3, 0.4) is 0 Å². The molecule has 0 bridgehead atoms. The van der Waals surface area contributed by atoms with Gasteiger partial charge in [-0.15, -0.1) is 0 Å². The number of rotatable bonds is 6. The summed E-state index contributed by atoms with van der Waals surface area (Å²) >= 11 is 0. The van der Waals surface area contributed by atoms with E-state index in [0.29, 0.717) is 41.9 Å². The first-order valence-electron chi connectivity index (χ1n) is 8.30. The number of nitrogens with one attached hydrogen (secondary N) is 1. The van der Waals surface area contributed by atoms with Gasteiger partial charge < -0.3 is 24.3 Å². The number of anilines is 1. The summed E-state index contributed by atoms with van der Waals surface area (Å²) in [7, 11) is 0. The summed E-state index contributed by atoms with van der Waals surface area (Å²) in [4.78, 5) is 12.5. The van der Waals surface area contributed by atoms with E-state index in [1.54, 1.807) is 24.3 Å². The molecule has 1 aliphatic rings. The zero-order valence-corrected chi connectivity index (χ0v) is 14.3. The number of hydrogen-bond donors (Lipinski definition) is 1. The van der Waals surface area contributed by atoms with E-state index in [0.717, 1.165) is 0 Å². The van der Waals surface area contributed by atoms with Crippen molar-refractivity contribution in [3.63, 3.8) is 0 Å². The molecule has 1 atom stereocenters. The third-order valence-corrected chi connectivity index (χ3v) is 3.61. The number of carbonyl (C=O) groups excluding carboxylic acids is 1. The molecule has 0 radical (unpaired) electrons. The van der Waals surface area contributed by atoms with Crippen LogP contribution in [0, 0.1) is 0 Å². The van der Waals surface area contributed by atoms with Crippen LogP contribution in [-0.4, -0.2) is 31.8 Å². The second-order valence-electron chi connectivity index (χ2n) is 5.38. The van der Waals surface area contributed by atoms with Gasteiger partial charge in [0.15, 0.2) is 23.0 Å². The van der Waals surface area contributed by atoms with Crippen LogP contribution in [0.4, 0.5) is 5.69 Å². The molecule has 132 valence electrons. The van der Waals surface area contributed by atoms with Gasteiger partial charge in [0.2, 0.25) is 6.10 Å². The predicted octanol–water partition coefficient (Wildman–Crippen LogP) is 3.26. The second-order valence-corrected chi connectivity index (χ2v) is 5.38. The van der Waals surface area contributed by atoms with Crippen molar-refractivity contribution < 1.29 is 23.7 Å². The van der Waals surface area contributed by atoms with Crippen LogP contribution < -0.4 is 24.3 Å². The Hall–Kier alpha value is -2.89. The average molecular weight is 343 g/mol. The molecule has 1 N–H and O–H groups in total. The molecule has 3 rings (SSSR count). The molecule has 0 saturated heterocycles. The molecular formula is C19H21NO5. The quantitative estimate of drug-likeness (QED) is 0.872. The standard InChI is InChI=1S/C19H21NO5/c1-3-22-15-10-9-13(11-17(15)23-4-2)20-19(21)18-12-24-14-7-5-6-8-16(14)25-18/h5-11,18H,3-4,12H2,1-2H3,(H,20,21)/t18-/m0/s1. The minimum absolute atomic E-state index is 0.165. The van der Waals surface area contributed by atoms with E-state index in [2.05, 4.69) is 5.32 Å². The fourth-order valence-corrected chi connectivity index (χ4v) is 2.50. The lowest BCUT2D eigenvalue weighted by atomic mass is 10.2. The number of benzene rings is 2. The van der Waals surface area contributed by atoms with E-state index >= 15 is 0 Å². The lowest BCUT2D eigenvalue weighted by molar-refractivity contribution is -0.125. The largest absolute Gasteiger partial charge is 0.490 e. The lowest BCUT2D eigenvalue weighted by Crippen LogP contribution is -2.40. The van der Waals surface area contributed by atoms with Gasteiger partial charge in [0.1, 0.15) is 6.61 Å². The van der Waals surface area contributed by atoms with Gasteiger partial charge >= 0.3 is 0 Å². The maximum absolute atomic E-state index is 12.5. The monoisotopic (exact) mass is 343 g/mol. The van der Waals surface area contributed by atoms with Crippen LogP contribution >= 0.6 is 0 Å². The highest BCUT2D eigenvalue weighted by atomic mass is 16.6. The number of ether oxygens (including phenoxy) is 4. The summed E-state index contributed by atoms with van der Waals surface area (Å²) in [5.74, 6) is 2.17. The Labute approximate surface area is 146 Å². The highest BCUT2D eigenvalue weighted by Crippen LogP contribution is 2.32. The normalized spacial score (nSPS) is 15.4. The predicted molar refractivity (Wildman–Crippen MR) is 93.8 cm³/mol. The number of para-hydroxylation sites is 2. The zero-order chi connectivity index (χ0) is 17.6. The van der Waals surface area contributed by atoms with E-state index in [-0.39, 0.29) is 12.5 Å². The number of amides is 1. The van der Waals surface area contributed by atoms with Gasteiger partial charge in [-0.2, -0.15) is 0 Å². The van der Waals surface area contributed by atoms with Crippen molar-refractivity contribution in [1.82, 2.24) is 0 Å². The molecule has 2 aromatic carbocycles. The van der Waals surface area contributed by atoms with Gasteiger partial charge in [0.05, 0.1) is 13.2 Å². The van der Waals surface area contributed by atoms with E-state index in [1.807, 2.05) is 32.0 Å². The minimum Gasteiger partial charge on any atom is -0.490 e. The maximum Gasteiger partial charge on any atom is 0.269 e. The fourth-order valence-electron chi connectivity index (χ4n) is 2.50. The van der Waals surface area contributed by atoms with Gasteiger partial charge in [-0.3, -0.25) is 4.79 Å². The highest BCUT2D eigenvalue weighted by molar-refractivity contribution is 5.95. The summed E-state index contributed by atoms with van der Waals surface area (Å²) < 4.78 is 22.4. The molecule has 1 amide bonds. The van der Waals surface area contributed by atoms with E-state index < -0.39 is 6.10 Å². The van der Waals surface area contributed by atoms with Crippen molar-refractivity contribution in [2.24, 2.45) is 0 Å². The summed E-state index contributed by atoms with van der Waals surface area (Å²) in [5.41, 5.74) is 0.611. The first-order valence-corrected chi connectivity index (χ1v) is 8.30. The van der Waals surface area contributed by atoms with Gasteiger partial charge in [-0.1, -0.05) is 12.1 Å². The summed E-state index contributed by atoms with van der Waals surface area (Å²) in [6.45, 7) is 5.01. The van der Waals surface area contributed by atoms with Gasteiger partial charge in [-0.25, -0.2) is 0 Å². The zero-order valence-electron chi connectivity index (χ0n) is 14.3. The maximum atomic E-state index is 12.5. The van der Waals surface area contributed by atoms with Gasteiger partial charge in [0, 0.05) is 11.8 Å². The van der Waals surface area contributed by atoms with Crippen LogP contribution in [0.25, 0.3) is 0 Å². The number of carbonyl (C=O) groups is 1. The average Bonchev–Trinajstić information content (AvgIpc) is 2.64. The third-order valence-electron chi connectivity index (χ3n) is 3.61. The van der Waals surface area contributed by atoms with Crippen molar-refractivity contribution in [2.75, 3.05) is 25.1 Å². The van der Waals surface area contributed by atoms with Gasteiger partial charge in [-0.05, 0) is 38.1 Å². The van der Waals surface area contributed by atoms with E-state index in [4.69, 9.17) is 18.9 Å². The van der Waals surface area contributed by atoms with Crippen LogP contribution in [0.1, 0.15) is 13.8 Å². The molecule has 0 aromatic heterocycles. The lowest BCUT2D eigenvalue weighted by Gasteiger charge is -2.25. The smallest absolute Gasteiger partial charge is 0.269 e. The second kappa shape index (κ2) is 7.79. The molecule has 0 spiro atoms. The molecule has 6 heteroatoms. The van der Waals surface area contributed by atoms with Crippen molar-refractivity contribution in [1.29, 1.82) is 0 Å². The minimum atomic E-state index is -0.711. The van der Waals surface area contributed by atoms with Crippen LogP contribution in [-0.2, 0) is 4.79 Å². The molecule has 1 aliphatic heterocycles. The van der Waals surface area contributed by atoms with Crippen molar-refractivity contribution in [3.05, 3.63) is 42.5 Å². The molecule has 0 saturated carbocycles. The Kier molecular flexibility index (Phi) is 5.28. The van der Waals surface area contributed by atoms with Crippen LogP contribution in [0.15, 0.2) is 42.5 Å². The van der Waals surface area contributed by atoms with Crippen LogP contribution in [0.5, 0.6) is 23.0 Å². The highest BCUT2D eigenvalue weighted by Gasteiger charge is 2.27. The SMILES string of the molecule is CCOc1ccc(NC(=O)[C@@H]2COc3ccccc3O2)cc1OCC.